The third-order valence-electron chi connectivity index (χ3n) is 4.37. The molecule has 5 nitrogen and oxygen atoms in total. The van der Waals surface area contributed by atoms with Gasteiger partial charge in [0.15, 0.2) is 11.5 Å². The first kappa shape index (κ1) is 14.5. The Balaban J connectivity index is 1.66. The molecule has 3 rings (SSSR count). The summed E-state index contributed by atoms with van der Waals surface area (Å²) < 4.78 is 10.7. The third kappa shape index (κ3) is 2.80. The van der Waals surface area contributed by atoms with Gasteiger partial charge in [-0.1, -0.05) is 11.6 Å². The number of likely N-dealkylation sites (tertiary alicyclic amines) is 1. The molecule has 0 bridgehead atoms. The van der Waals surface area contributed by atoms with E-state index >= 15 is 0 Å². The highest BCUT2D eigenvalue weighted by Gasteiger charge is 2.36. The summed E-state index contributed by atoms with van der Waals surface area (Å²) in [5.41, 5.74) is 0.464. The summed E-state index contributed by atoms with van der Waals surface area (Å²) in [5.74, 6) is 0.593. The quantitative estimate of drug-likeness (QED) is 0.930. The Bertz CT molecular complexity index is 567. The first-order chi connectivity index (χ1) is 9.98. The molecule has 0 unspecified atom stereocenters. The molecule has 1 N–H and O–H groups in total. The van der Waals surface area contributed by atoms with E-state index in [1.807, 2.05) is 19.1 Å². The van der Waals surface area contributed by atoms with Gasteiger partial charge in [-0.05, 0) is 50.6 Å². The van der Waals surface area contributed by atoms with Gasteiger partial charge < -0.3 is 14.6 Å². The van der Waals surface area contributed by atoms with Gasteiger partial charge in [-0.2, -0.15) is 0 Å². The largest absolute Gasteiger partial charge is 0.481 e. The van der Waals surface area contributed by atoms with Crippen molar-refractivity contribution in [2.45, 2.75) is 26.3 Å². The second-order valence-corrected chi connectivity index (χ2v) is 6.36. The first-order valence-electron chi connectivity index (χ1n) is 7.02. The van der Waals surface area contributed by atoms with Crippen molar-refractivity contribution in [1.82, 2.24) is 4.90 Å². The lowest BCUT2D eigenvalue weighted by Crippen LogP contribution is -2.42. The van der Waals surface area contributed by atoms with Crippen LogP contribution in [0.15, 0.2) is 12.1 Å². The molecule has 0 radical (unpaired) electrons. The predicted molar refractivity (Wildman–Crippen MR) is 77.8 cm³/mol. The molecule has 1 saturated heterocycles. The minimum atomic E-state index is -0.701. The molecule has 0 amide bonds. The van der Waals surface area contributed by atoms with Crippen molar-refractivity contribution in [1.29, 1.82) is 0 Å². The normalized spacial score (nSPS) is 20.5. The van der Waals surface area contributed by atoms with Crippen LogP contribution in [0.5, 0.6) is 11.5 Å². The molecule has 1 fully saturated rings. The highest BCUT2D eigenvalue weighted by molar-refractivity contribution is 6.32. The maximum Gasteiger partial charge on any atom is 0.309 e. The molecule has 0 saturated carbocycles. The van der Waals surface area contributed by atoms with Gasteiger partial charge in [0.2, 0.25) is 6.79 Å². The molecule has 1 aromatic carbocycles. The van der Waals surface area contributed by atoms with Gasteiger partial charge in [-0.25, -0.2) is 0 Å². The summed E-state index contributed by atoms with van der Waals surface area (Å²) in [4.78, 5) is 13.5. The minimum absolute atomic E-state index is 0.208. The molecule has 2 aliphatic rings. The van der Waals surface area contributed by atoms with E-state index in [0.717, 1.165) is 25.2 Å². The number of ether oxygens (including phenoxy) is 2. The summed E-state index contributed by atoms with van der Waals surface area (Å²) in [7, 11) is 0. The molecule has 0 atom stereocenters. The number of carbonyl (C=O) groups is 1. The van der Waals surface area contributed by atoms with Gasteiger partial charge in [0.05, 0.1) is 10.4 Å². The van der Waals surface area contributed by atoms with E-state index in [1.54, 1.807) is 0 Å². The minimum Gasteiger partial charge on any atom is -0.481 e. The maximum atomic E-state index is 11.2. The highest BCUT2D eigenvalue weighted by Crippen LogP contribution is 2.40. The van der Waals surface area contributed by atoms with Gasteiger partial charge in [-0.15, -0.1) is 0 Å². The molecule has 0 spiro atoms. The molecule has 21 heavy (non-hydrogen) atoms. The lowest BCUT2D eigenvalue weighted by atomic mass is 9.80. The molecule has 2 heterocycles. The Morgan fingerprint density at radius 3 is 2.76 bits per heavy atom. The Hall–Kier alpha value is -1.46. The number of rotatable bonds is 3. The van der Waals surface area contributed by atoms with Crippen LogP contribution in [0.4, 0.5) is 0 Å². The zero-order valence-electron chi connectivity index (χ0n) is 11.9. The number of halogens is 1. The van der Waals surface area contributed by atoms with Crippen LogP contribution in [-0.4, -0.2) is 35.9 Å². The highest BCUT2D eigenvalue weighted by atomic mass is 35.5. The fourth-order valence-corrected chi connectivity index (χ4v) is 3.08. The summed E-state index contributed by atoms with van der Waals surface area (Å²) in [5, 5.41) is 9.81. The van der Waals surface area contributed by atoms with Crippen LogP contribution in [-0.2, 0) is 11.3 Å². The van der Waals surface area contributed by atoms with E-state index in [4.69, 9.17) is 21.1 Å². The Kier molecular flexibility index (Phi) is 3.71. The summed E-state index contributed by atoms with van der Waals surface area (Å²) in [6, 6.07) is 3.83. The predicted octanol–water partition coefficient (Wildman–Crippen LogP) is 2.76. The zero-order chi connectivity index (χ0) is 15.0. The van der Waals surface area contributed by atoms with E-state index in [0.29, 0.717) is 29.4 Å². The maximum absolute atomic E-state index is 11.2. The third-order valence-corrected chi connectivity index (χ3v) is 4.65. The van der Waals surface area contributed by atoms with Crippen LogP contribution >= 0.6 is 11.6 Å². The van der Waals surface area contributed by atoms with Crippen LogP contribution in [0.1, 0.15) is 25.3 Å². The summed E-state index contributed by atoms with van der Waals surface area (Å²) in [6.45, 7) is 4.32. The average molecular weight is 312 g/mol. The van der Waals surface area contributed by atoms with Gasteiger partial charge in [0, 0.05) is 6.54 Å². The van der Waals surface area contributed by atoms with Crippen LogP contribution < -0.4 is 9.47 Å². The van der Waals surface area contributed by atoms with E-state index in [9.17, 15) is 9.90 Å². The molecule has 114 valence electrons. The number of piperidine rings is 1. The van der Waals surface area contributed by atoms with Crippen molar-refractivity contribution in [2.24, 2.45) is 5.41 Å². The van der Waals surface area contributed by atoms with E-state index in [-0.39, 0.29) is 6.79 Å². The van der Waals surface area contributed by atoms with Crippen molar-refractivity contribution in [3.63, 3.8) is 0 Å². The number of nitrogens with zero attached hydrogens (tertiary/aromatic N) is 1. The Morgan fingerprint density at radius 2 is 2.10 bits per heavy atom. The fourth-order valence-electron chi connectivity index (χ4n) is 2.79. The molecule has 0 aromatic heterocycles. The van der Waals surface area contributed by atoms with Gasteiger partial charge in [0.25, 0.3) is 0 Å². The summed E-state index contributed by atoms with van der Waals surface area (Å²) >= 11 is 6.18. The number of fused-ring (bicyclic) bond motifs is 1. The lowest BCUT2D eigenvalue weighted by Gasteiger charge is -2.36. The number of carboxylic acids is 1. The molecule has 0 aliphatic carbocycles. The first-order valence-corrected chi connectivity index (χ1v) is 7.39. The van der Waals surface area contributed by atoms with E-state index in [2.05, 4.69) is 4.90 Å². The second kappa shape index (κ2) is 5.39. The number of benzene rings is 1. The molecular weight excluding hydrogens is 294 g/mol. The van der Waals surface area contributed by atoms with Crippen molar-refractivity contribution < 1.29 is 19.4 Å². The lowest BCUT2D eigenvalue weighted by molar-refractivity contribution is -0.150. The fraction of sp³-hybridized carbons (Fsp3) is 0.533. The summed E-state index contributed by atoms with van der Waals surface area (Å²) in [6.07, 6.45) is 1.33. The van der Waals surface area contributed by atoms with Gasteiger partial charge in [-0.3, -0.25) is 9.69 Å². The topological polar surface area (TPSA) is 59.0 Å². The number of hydrogen-bond donors (Lipinski definition) is 1. The zero-order valence-corrected chi connectivity index (χ0v) is 12.7. The number of carboxylic acid groups (broad SMARTS) is 1. The molecule has 6 heteroatoms. The van der Waals surface area contributed by atoms with E-state index in [1.165, 1.54) is 0 Å². The van der Waals surface area contributed by atoms with Crippen LogP contribution in [0.2, 0.25) is 5.02 Å². The smallest absolute Gasteiger partial charge is 0.309 e. The van der Waals surface area contributed by atoms with Crippen LogP contribution in [0, 0.1) is 5.41 Å². The van der Waals surface area contributed by atoms with Crippen molar-refractivity contribution in [2.75, 3.05) is 19.9 Å². The van der Waals surface area contributed by atoms with Crippen molar-refractivity contribution in [3.05, 3.63) is 22.7 Å². The van der Waals surface area contributed by atoms with Gasteiger partial charge in [0.1, 0.15) is 0 Å². The average Bonchev–Trinajstić information content (AvgIpc) is 2.90. The van der Waals surface area contributed by atoms with E-state index < -0.39 is 11.4 Å². The SMILES string of the molecule is CC1(C(=O)O)CCN(Cc2cc(Cl)c3c(c2)OCO3)CC1. The van der Waals surface area contributed by atoms with Crippen LogP contribution in [0.25, 0.3) is 0 Å². The number of hydrogen-bond acceptors (Lipinski definition) is 4. The molecule has 2 aliphatic heterocycles. The monoisotopic (exact) mass is 311 g/mol. The Morgan fingerprint density at radius 1 is 1.38 bits per heavy atom. The molecule has 1 aromatic rings. The standard InChI is InChI=1S/C15H18ClNO4/c1-15(14(18)19)2-4-17(5-3-15)8-10-6-11(16)13-12(7-10)20-9-21-13/h6-7H,2-5,8-9H2,1H3,(H,18,19). The Labute approximate surface area is 128 Å². The second-order valence-electron chi connectivity index (χ2n) is 5.95. The van der Waals surface area contributed by atoms with Crippen LogP contribution in [0.3, 0.4) is 0 Å². The van der Waals surface area contributed by atoms with Gasteiger partial charge >= 0.3 is 5.97 Å². The van der Waals surface area contributed by atoms with Crippen molar-refractivity contribution in [3.8, 4) is 11.5 Å². The van der Waals surface area contributed by atoms with Crippen molar-refractivity contribution >= 4 is 17.6 Å². The molecular formula is C15H18ClNO4. The number of aliphatic carboxylic acids is 1.